The maximum absolute atomic E-state index is 12.2. The van der Waals surface area contributed by atoms with Crippen LogP contribution in [0.25, 0.3) is 0 Å². The molecule has 1 fully saturated rings. The molecule has 7 heteroatoms. The monoisotopic (exact) mass is 318 g/mol. The van der Waals surface area contributed by atoms with Gasteiger partial charge in [0.25, 0.3) is 0 Å². The fourth-order valence-electron chi connectivity index (χ4n) is 2.44. The molecular formula is C15H18N4O2S. The lowest BCUT2D eigenvalue weighted by Gasteiger charge is -2.16. The number of carbonyl (C=O) groups excluding carboxylic acids is 1. The molecular weight excluding hydrogens is 300 g/mol. The fraction of sp³-hybridized carbons (Fsp3) is 0.400. The number of benzene rings is 1. The number of carbonyl (C=O) groups is 1. The minimum atomic E-state index is 0.0657. The van der Waals surface area contributed by atoms with E-state index in [1.54, 1.807) is 7.11 Å². The van der Waals surface area contributed by atoms with E-state index in [2.05, 4.69) is 14.7 Å². The fourth-order valence-corrected chi connectivity index (χ4v) is 3.13. The third-order valence-electron chi connectivity index (χ3n) is 3.52. The number of methoxy groups -OCH3 is 1. The van der Waals surface area contributed by atoms with Crippen LogP contribution in [-0.2, 0) is 16.0 Å². The SMILES string of the molecule is COCCc1nsc(NC2CC(=O)N(c3ccccc3)C2)n1. The maximum atomic E-state index is 12.2. The lowest BCUT2D eigenvalue weighted by atomic mass is 10.3. The molecule has 0 saturated carbocycles. The normalized spacial score (nSPS) is 18.0. The first kappa shape index (κ1) is 14.9. The van der Waals surface area contributed by atoms with Gasteiger partial charge in [-0.2, -0.15) is 4.37 Å². The summed E-state index contributed by atoms with van der Waals surface area (Å²) in [6, 6.07) is 9.80. The molecule has 116 valence electrons. The van der Waals surface area contributed by atoms with E-state index in [1.165, 1.54) is 11.5 Å². The van der Waals surface area contributed by atoms with Crippen LogP contribution in [0.4, 0.5) is 10.8 Å². The summed E-state index contributed by atoms with van der Waals surface area (Å²) in [4.78, 5) is 18.4. The van der Waals surface area contributed by atoms with Gasteiger partial charge in [-0.15, -0.1) is 0 Å². The van der Waals surface area contributed by atoms with E-state index in [9.17, 15) is 4.79 Å². The van der Waals surface area contributed by atoms with Crippen molar-refractivity contribution < 1.29 is 9.53 Å². The number of anilines is 2. The summed E-state index contributed by atoms with van der Waals surface area (Å²) in [6.07, 6.45) is 1.18. The summed E-state index contributed by atoms with van der Waals surface area (Å²) in [5, 5.41) is 4.07. The first-order valence-corrected chi connectivity index (χ1v) is 7.97. The van der Waals surface area contributed by atoms with Crippen molar-refractivity contribution in [1.29, 1.82) is 0 Å². The molecule has 1 aliphatic heterocycles. The molecule has 6 nitrogen and oxygen atoms in total. The summed E-state index contributed by atoms with van der Waals surface area (Å²) in [5.74, 6) is 0.909. The number of hydrogen-bond acceptors (Lipinski definition) is 6. The zero-order valence-electron chi connectivity index (χ0n) is 12.4. The molecule has 1 atom stereocenters. The Bertz CT molecular complexity index is 631. The highest BCUT2D eigenvalue weighted by molar-refractivity contribution is 7.09. The Morgan fingerprint density at radius 1 is 1.41 bits per heavy atom. The van der Waals surface area contributed by atoms with Crippen LogP contribution >= 0.6 is 11.5 Å². The average Bonchev–Trinajstić information content (AvgIpc) is 3.13. The van der Waals surface area contributed by atoms with Crippen LogP contribution in [0.1, 0.15) is 12.2 Å². The molecule has 1 saturated heterocycles. The minimum Gasteiger partial charge on any atom is -0.384 e. The number of amides is 1. The number of nitrogens with one attached hydrogen (secondary N) is 1. The summed E-state index contributed by atoms with van der Waals surface area (Å²) in [7, 11) is 1.66. The van der Waals surface area contributed by atoms with Crippen molar-refractivity contribution in [1.82, 2.24) is 9.36 Å². The van der Waals surface area contributed by atoms with E-state index < -0.39 is 0 Å². The third kappa shape index (κ3) is 3.42. The van der Waals surface area contributed by atoms with E-state index >= 15 is 0 Å². The summed E-state index contributed by atoms with van der Waals surface area (Å²) < 4.78 is 9.30. The van der Waals surface area contributed by atoms with Gasteiger partial charge >= 0.3 is 0 Å². The number of aromatic nitrogens is 2. The Labute approximate surface area is 133 Å². The van der Waals surface area contributed by atoms with Crippen LogP contribution in [0.3, 0.4) is 0 Å². The van der Waals surface area contributed by atoms with Crippen molar-refractivity contribution in [3.63, 3.8) is 0 Å². The van der Waals surface area contributed by atoms with Gasteiger partial charge in [-0.05, 0) is 12.1 Å². The van der Waals surface area contributed by atoms with E-state index in [1.807, 2.05) is 35.2 Å². The second kappa shape index (κ2) is 6.85. The van der Waals surface area contributed by atoms with Crippen molar-refractivity contribution in [3.8, 4) is 0 Å². The Kier molecular flexibility index (Phi) is 4.65. The third-order valence-corrected chi connectivity index (χ3v) is 4.20. The molecule has 1 aromatic carbocycles. The highest BCUT2D eigenvalue weighted by Crippen LogP contribution is 2.23. The Morgan fingerprint density at radius 2 is 2.23 bits per heavy atom. The molecule has 3 rings (SSSR count). The first-order chi connectivity index (χ1) is 10.8. The lowest BCUT2D eigenvalue weighted by Crippen LogP contribution is -2.27. The molecule has 0 radical (unpaired) electrons. The van der Waals surface area contributed by atoms with Gasteiger partial charge in [0.2, 0.25) is 11.0 Å². The van der Waals surface area contributed by atoms with Gasteiger partial charge in [-0.1, -0.05) is 18.2 Å². The molecule has 2 aromatic rings. The second-order valence-electron chi connectivity index (χ2n) is 5.14. The lowest BCUT2D eigenvalue weighted by molar-refractivity contribution is -0.117. The predicted octanol–water partition coefficient (Wildman–Crippen LogP) is 1.94. The Balaban J connectivity index is 1.60. The number of para-hydroxylation sites is 1. The molecule has 0 aliphatic carbocycles. The van der Waals surface area contributed by atoms with Gasteiger partial charge in [-0.25, -0.2) is 4.98 Å². The van der Waals surface area contributed by atoms with Crippen LogP contribution in [-0.4, -0.2) is 41.6 Å². The van der Waals surface area contributed by atoms with Gasteiger partial charge < -0.3 is 15.0 Å². The van der Waals surface area contributed by atoms with Gasteiger partial charge in [0, 0.05) is 43.7 Å². The molecule has 22 heavy (non-hydrogen) atoms. The standard InChI is InChI=1S/C15H18N4O2S/c1-21-8-7-13-17-15(22-18-13)16-11-9-14(20)19(10-11)12-5-3-2-4-6-12/h2-6,11H,7-10H2,1H3,(H,16,17,18). The minimum absolute atomic E-state index is 0.0657. The van der Waals surface area contributed by atoms with Crippen molar-refractivity contribution in [3.05, 3.63) is 36.2 Å². The molecule has 2 heterocycles. The highest BCUT2D eigenvalue weighted by Gasteiger charge is 2.31. The topological polar surface area (TPSA) is 67.3 Å². The van der Waals surface area contributed by atoms with E-state index in [-0.39, 0.29) is 11.9 Å². The van der Waals surface area contributed by atoms with Crippen molar-refractivity contribution in [2.45, 2.75) is 18.9 Å². The molecule has 0 spiro atoms. The van der Waals surface area contributed by atoms with Gasteiger partial charge in [-0.3, -0.25) is 4.79 Å². The van der Waals surface area contributed by atoms with E-state index in [4.69, 9.17) is 4.74 Å². The Morgan fingerprint density at radius 3 is 3.00 bits per heavy atom. The zero-order chi connectivity index (χ0) is 15.4. The van der Waals surface area contributed by atoms with Crippen LogP contribution in [0.15, 0.2) is 30.3 Å². The predicted molar refractivity (Wildman–Crippen MR) is 86.3 cm³/mol. The number of rotatable bonds is 6. The van der Waals surface area contributed by atoms with Crippen LogP contribution < -0.4 is 10.2 Å². The zero-order valence-corrected chi connectivity index (χ0v) is 13.2. The summed E-state index contributed by atoms with van der Waals surface area (Å²) in [5.41, 5.74) is 0.940. The molecule has 1 amide bonds. The highest BCUT2D eigenvalue weighted by atomic mass is 32.1. The number of hydrogen-bond donors (Lipinski definition) is 1. The summed E-state index contributed by atoms with van der Waals surface area (Å²) in [6.45, 7) is 1.26. The molecule has 1 N–H and O–H groups in total. The van der Waals surface area contributed by atoms with Gasteiger partial charge in [0.1, 0.15) is 5.82 Å². The maximum Gasteiger partial charge on any atom is 0.229 e. The van der Waals surface area contributed by atoms with Crippen molar-refractivity contribution >= 4 is 28.3 Å². The summed E-state index contributed by atoms with van der Waals surface area (Å²) >= 11 is 1.33. The van der Waals surface area contributed by atoms with Crippen molar-refractivity contribution in [2.24, 2.45) is 0 Å². The molecule has 0 bridgehead atoms. The van der Waals surface area contributed by atoms with Crippen molar-refractivity contribution in [2.75, 3.05) is 30.5 Å². The number of nitrogens with zero attached hydrogens (tertiary/aromatic N) is 3. The van der Waals surface area contributed by atoms with Gasteiger partial charge in [0.05, 0.1) is 12.6 Å². The van der Waals surface area contributed by atoms with E-state index in [0.717, 1.165) is 16.6 Å². The van der Waals surface area contributed by atoms with E-state index in [0.29, 0.717) is 26.0 Å². The molecule has 1 aromatic heterocycles. The quantitative estimate of drug-likeness (QED) is 0.882. The molecule has 1 aliphatic rings. The first-order valence-electron chi connectivity index (χ1n) is 7.19. The van der Waals surface area contributed by atoms with Crippen LogP contribution in [0.2, 0.25) is 0 Å². The number of ether oxygens (including phenoxy) is 1. The second-order valence-corrected chi connectivity index (χ2v) is 5.90. The largest absolute Gasteiger partial charge is 0.384 e. The average molecular weight is 318 g/mol. The Hall–Kier alpha value is -1.99. The smallest absolute Gasteiger partial charge is 0.229 e. The van der Waals surface area contributed by atoms with Crippen LogP contribution in [0.5, 0.6) is 0 Å². The molecule has 1 unspecified atom stereocenters. The van der Waals surface area contributed by atoms with Crippen LogP contribution in [0, 0.1) is 0 Å². The van der Waals surface area contributed by atoms with Gasteiger partial charge in [0.15, 0.2) is 0 Å².